The summed E-state index contributed by atoms with van der Waals surface area (Å²) in [6.45, 7) is 9.25. The van der Waals surface area contributed by atoms with Gasteiger partial charge in [0.15, 0.2) is 0 Å². The predicted molar refractivity (Wildman–Crippen MR) is 72.9 cm³/mol. The predicted octanol–water partition coefficient (Wildman–Crippen LogP) is 0.454. The van der Waals surface area contributed by atoms with Crippen molar-refractivity contribution in [3.8, 4) is 0 Å². The molecule has 5 heteroatoms. The van der Waals surface area contributed by atoms with Crippen LogP contribution in [0.2, 0.25) is 0 Å². The lowest BCUT2D eigenvalue weighted by molar-refractivity contribution is -0.0261. The molecule has 0 bridgehead atoms. The summed E-state index contributed by atoms with van der Waals surface area (Å²) in [5.41, 5.74) is 0. The van der Waals surface area contributed by atoms with Crippen molar-refractivity contribution in [3.05, 3.63) is 0 Å². The smallest absolute Gasteiger partial charge is 0.0826 e. The highest BCUT2D eigenvalue weighted by Crippen LogP contribution is 2.04. The number of likely N-dealkylation sites (N-methyl/N-ethyl adjacent to an activating group) is 1. The summed E-state index contributed by atoms with van der Waals surface area (Å²) in [6.07, 6.45) is 3.03. The number of hydrogen-bond donors (Lipinski definition) is 1. The largest absolute Gasteiger partial charge is 0.374 e. The minimum Gasteiger partial charge on any atom is -0.374 e. The van der Waals surface area contributed by atoms with Crippen molar-refractivity contribution in [1.82, 2.24) is 10.2 Å². The minimum atomic E-state index is -0.681. The van der Waals surface area contributed by atoms with E-state index < -0.39 is 10.8 Å². The molecule has 0 saturated carbocycles. The van der Waals surface area contributed by atoms with Crippen LogP contribution < -0.4 is 5.32 Å². The lowest BCUT2D eigenvalue weighted by Crippen LogP contribution is -2.47. The van der Waals surface area contributed by atoms with Crippen LogP contribution in [0, 0.1) is 0 Å². The van der Waals surface area contributed by atoms with Crippen LogP contribution in [-0.2, 0) is 15.5 Å². The van der Waals surface area contributed by atoms with E-state index in [4.69, 9.17) is 4.74 Å². The lowest BCUT2D eigenvalue weighted by Gasteiger charge is -2.32. The van der Waals surface area contributed by atoms with Crippen LogP contribution >= 0.6 is 0 Å². The molecule has 1 saturated heterocycles. The summed E-state index contributed by atoms with van der Waals surface area (Å²) in [5.74, 6) is 0.779. The van der Waals surface area contributed by atoms with E-state index in [0.29, 0.717) is 12.1 Å². The van der Waals surface area contributed by atoms with E-state index in [-0.39, 0.29) is 0 Å². The first-order valence-electron chi connectivity index (χ1n) is 6.49. The van der Waals surface area contributed by atoms with Gasteiger partial charge in [-0.3, -0.25) is 9.11 Å². The molecular weight excluding hydrogens is 236 g/mol. The van der Waals surface area contributed by atoms with Gasteiger partial charge in [-0.15, -0.1) is 0 Å². The third kappa shape index (κ3) is 6.50. The van der Waals surface area contributed by atoms with Gasteiger partial charge in [0.2, 0.25) is 0 Å². The van der Waals surface area contributed by atoms with Gasteiger partial charge < -0.3 is 10.1 Å². The van der Waals surface area contributed by atoms with Crippen molar-refractivity contribution >= 4 is 10.8 Å². The Hall–Kier alpha value is 0.0300. The quantitative estimate of drug-likeness (QED) is 0.723. The van der Waals surface area contributed by atoms with Gasteiger partial charge >= 0.3 is 0 Å². The van der Waals surface area contributed by atoms with Crippen LogP contribution in [-0.4, -0.2) is 66.0 Å². The van der Waals surface area contributed by atoms with E-state index in [0.717, 1.165) is 45.0 Å². The Morgan fingerprint density at radius 3 is 3.00 bits per heavy atom. The Kier molecular flexibility index (Phi) is 7.27. The molecule has 17 heavy (non-hydrogen) atoms. The van der Waals surface area contributed by atoms with E-state index in [2.05, 4.69) is 24.1 Å². The van der Waals surface area contributed by atoms with Crippen molar-refractivity contribution in [3.63, 3.8) is 0 Å². The lowest BCUT2D eigenvalue weighted by atomic mass is 10.2. The van der Waals surface area contributed by atoms with E-state index in [1.165, 1.54) is 0 Å². The summed E-state index contributed by atoms with van der Waals surface area (Å²) < 4.78 is 16.7. The Bertz CT molecular complexity index is 239. The SMILES string of the molecule is CCN1CCOC(CNC(C)CCS(C)=O)C1. The minimum absolute atomic E-state index is 0.304. The molecule has 3 atom stereocenters. The summed E-state index contributed by atoms with van der Waals surface area (Å²) in [6, 6.07) is 0.416. The summed E-state index contributed by atoms with van der Waals surface area (Å²) >= 11 is 0. The number of nitrogens with zero attached hydrogens (tertiary/aromatic N) is 1. The first kappa shape index (κ1) is 15.1. The van der Waals surface area contributed by atoms with Gasteiger partial charge in [-0.05, 0) is 19.9 Å². The first-order valence-corrected chi connectivity index (χ1v) is 8.22. The highest BCUT2D eigenvalue weighted by Gasteiger charge is 2.19. The van der Waals surface area contributed by atoms with Crippen LogP contribution in [0.15, 0.2) is 0 Å². The molecule has 1 rings (SSSR count). The molecule has 0 aromatic carbocycles. The summed E-state index contributed by atoms with van der Waals surface area (Å²) in [7, 11) is -0.681. The molecule has 1 aliphatic rings. The van der Waals surface area contributed by atoms with Crippen LogP contribution in [0.25, 0.3) is 0 Å². The van der Waals surface area contributed by atoms with Gasteiger partial charge in [-0.25, -0.2) is 0 Å². The maximum atomic E-state index is 11.0. The fraction of sp³-hybridized carbons (Fsp3) is 1.00. The standard InChI is InChI=1S/C12H26N2O2S/c1-4-14-6-7-16-12(10-14)9-13-11(2)5-8-17(3)15/h11-13H,4-10H2,1-3H3. The van der Waals surface area contributed by atoms with Crippen LogP contribution in [0.4, 0.5) is 0 Å². The average molecular weight is 262 g/mol. The molecule has 0 radical (unpaired) electrons. The zero-order chi connectivity index (χ0) is 12.7. The summed E-state index contributed by atoms with van der Waals surface area (Å²) in [4.78, 5) is 2.42. The molecular formula is C12H26N2O2S. The van der Waals surface area contributed by atoms with E-state index in [1.54, 1.807) is 6.26 Å². The number of hydrogen-bond acceptors (Lipinski definition) is 4. The normalized spacial score (nSPS) is 25.7. The molecule has 1 aliphatic heterocycles. The Labute approximate surface area is 108 Å². The highest BCUT2D eigenvalue weighted by atomic mass is 32.2. The number of rotatable bonds is 7. The highest BCUT2D eigenvalue weighted by molar-refractivity contribution is 7.84. The average Bonchev–Trinajstić information content (AvgIpc) is 2.34. The third-order valence-electron chi connectivity index (χ3n) is 3.20. The van der Waals surface area contributed by atoms with Crippen LogP contribution in [0.3, 0.4) is 0 Å². The molecule has 1 N–H and O–H groups in total. The fourth-order valence-corrected chi connectivity index (χ4v) is 2.65. The van der Waals surface area contributed by atoms with E-state index >= 15 is 0 Å². The maximum Gasteiger partial charge on any atom is 0.0826 e. The Morgan fingerprint density at radius 2 is 2.35 bits per heavy atom. The van der Waals surface area contributed by atoms with Gasteiger partial charge in [0.1, 0.15) is 0 Å². The van der Waals surface area contributed by atoms with Crippen molar-refractivity contribution in [2.45, 2.75) is 32.4 Å². The third-order valence-corrected chi connectivity index (χ3v) is 4.01. The van der Waals surface area contributed by atoms with Crippen molar-refractivity contribution in [2.24, 2.45) is 0 Å². The molecule has 3 unspecified atom stereocenters. The molecule has 0 aliphatic carbocycles. The second-order valence-corrected chi connectivity index (χ2v) is 6.32. The zero-order valence-electron chi connectivity index (χ0n) is 11.3. The number of ether oxygens (including phenoxy) is 1. The maximum absolute atomic E-state index is 11.0. The van der Waals surface area contributed by atoms with E-state index in [1.807, 2.05) is 0 Å². The number of nitrogens with one attached hydrogen (secondary N) is 1. The molecule has 1 fully saturated rings. The molecule has 0 spiro atoms. The van der Waals surface area contributed by atoms with E-state index in [9.17, 15) is 4.21 Å². The van der Waals surface area contributed by atoms with Crippen LogP contribution in [0.5, 0.6) is 0 Å². The monoisotopic (exact) mass is 262 g/mol. The van der Waals surface area contributed by atoms with Crippen LogP contribution in [0.1, 0.15) is 20.3 Å². The van der Waals surface area contributed by atoms with Crippen molar-refractivity contribution < 1.29 is 8.95 Å². The summed E-state index contributed by atoms with van der Waals surface area (Å²) in [5, 5.41) is 3.47. The van der Waals surface area contributed by atoms with Gasteiger partial charge in [0, 0.05) is 48.5 Å². The van der Waals surface area contributed by atoms with Gasteiger partial charge in [0.05, 0.1) is 12.7 Å². The molecule has 1 heterocycles. The second kappa shape index (κ2) is 8.19. The molecule has 0 aromatic heterocycles. The van der Waals surface area contributed by atoms with Crippen molar-refractivity contribution in [1.29, 1.82) is 0 Å². The van der Waals surface area contributed by atoms with Crippen molar-refractivity contribution in [2.75, 3.05) is 44.8 Å². The molecule has 4 nitrogen and oxygen atoms in total. The molecule has 102 valence electrons. The Balaban J connectivity index is 2.14. The molecule has 0 aromatic rings. The topological polar surface area (TPSA) is 41.6 Å². The van der Waals surface area contributed by atoms with Gasteiger partial charge in [-0.2, -0.15) is 0 Å². The van der Waals surface area contributed by atoms with Gasteiger partial charge in [0.25, 0.3) is 0 Å². The Morgan fingerprint density at radius 1 is 1.59 bits per heavy atom. The zero-order valence-corrected chi connectivity index (χ0v) is 12.1. The van der Waals surface area contributed by atoms with Gasteiger partial charge in [-0.1, -0.05) is 6.92 Å². The second-order valence-electron chi connectivity index (χ2n) is 4.76. The first-order chi connectivity index (χ1) is 8.11. The fourth-order valence-electron chi connectivity index (χ4n) is 1.97. The molecule has 0 amide bonds. The number of morpholine rings is 1.